The lowest BCUT2D eigenvalue weighted by Gasteiger charge is -2.13. The Morgan fingerprint density at radius 3 is 2.50 bits per heavy atom. The molecule has 0 aliphatic rings. The first-order valence-corrected chi connectivity index (χ1v) is 6.16. The molecule has 8 heteroatoms. The van der Waals surface area contributed by atoms with Crippen LogP contribution in [0.3, 0.4) is 0 Å². The Bertz CT molecular complexity index is 607. The van der Waals surface area contributed by atoms with Crippen LogP contribution in [0.4, 0.5) is 0 Å². The predicted octanol–water partition coefficient (Wildman–Crippen LogP) is 0.334. The second-order valence-electron chi connectivity index (χ2n) is 3.81. The second kappa shape index (κ2) is 6.09. The highest BCUT2D eigenvalue weighted by Gasteiger charge is 2.35. The highest BCUT2D eigenvalue weighted by atomic mass is 16.6. The van der Waals surface area contributed by atoms with Crippen LogP contribution in [0.5, 0.6) is 0 Å². The van der Waals surface area contributed by atoms with Crippen LogP contribution in [-0.4, -0.2) is 44.7 Å². The van der Waals surface area contributed by atoms with E-state index in [-0.39, 0.29) is 18.9 Å². The van der Waals surface area contributed by atoms with Crippen molar-refractivity contribution in [3.63, 3.8) is 0 Å². The molecule has 0 unspecified atom stereocenters. The Hall–Kier alpha value is -2.51. The van der Waals surface area contributed by atoms with E-state index >= 15 is 0 Å². The number of nitrogens with zero attached hydrogens (tertiary/aromatic N) is 4. The van der Waals surface area contributed by atoms with Crippen LogP contribution < -0.4 is 0 Å². The van der Waals surface area contributed by atoms with Crippen LogP contribution >= 0.6 is 0 Å². The zero-order valence-electron chi connectivity index (χ0n) is 11.1. The summed E-state index contributed by atoms with van der Waals surface area (Å²) in [5.74, 6) is -2.69. The molecule has 0 saturated heterocycles. The molecule has 0 aliphatic heterocycles. The normalized spacial score (nSPS) is 10.8. The molecule has 8 nitrogen and oxygen atoms in total. The summed E-state index contributed by atoms with van der Waals surface area (Å²) in [6.45, 7) is 3.63. The zero-order valence-corrected chi connectivity index (χ0v) is 11.1. The van der Waals surface area contributed by atoms with Crippen molar-refractivity contribution in [2.24, 2.45) is 0 Å². The molecule has 0 amide bonds. The van der Waals surface area contributed by atoms with Crippen molar-refractivity contribution in [2.75, 3.05) is 13.2 Å². The maximum absolute atomic E-state index is 12.0. The number of aromatic nitrogens is 4. The Labute approximate surface area is 114 Å². The molecule has 106 valence electrons. The van der Waals surface area contributed by atoms with Crippen molar-refractivity contribution in [1.82, 2.24) is 19.6 Å². The minimum atomic E-state index is -1.26. The highest BCUT2D eigenvalue weighted by molar-refractivity contribution is 6.01. The Morgan fingerprint density at radius 1 is 1.25 bits per heavy atom. The van der Waals surface area contributed by atoms with E-state index in [0.717, 1.165) is 0 Å². The molecule has 0 aromatic carbocycles. The zero-order chi connectivity index (χ0) is 14.5. The van der Waals surface area contributed by atoms with E-state index in [4.69, 9.17) is 9.47 Å². The van der Waals surface area contributed by atoms with E-state index in [1.807, 2.05) is 0 Å². The Morgan fingerprint density at radius 2 is 1.90 bits per heavy atom. The SMILES string of the molecule is CCOC(=O)C(C(=O)OCC)c1nccn2cnnc12. The topological polar surface area (TPSA) is 95.7 Å². The maximum atomic E-state index is 12.0. The molecule has 20 heavy (non-hydrogen) atoms. The number of carbonyl (C=O) groups excluding carboxylic acids is 2. The van der Waals surface area contributed by atoms with E-state index in [0.29, 0.717) is 5.65 Å². The summed E-state index contributed by atoms with van der Waals surface area (Å²) in [7, 11) is 0. The van der Waals surface area contributed by atoms with E-state index < -0.39 is 17.9 Å². The van der Waals surface area contributed by atoms with Crippen LogP contribution in [0.25, 0.3) is 5.65 Å². The van der Waals surface area contributed by atoms with Gasteiger partial charge in [0.15, 0.2) is 11.6 Å². The molecule has 2 rings (SSSR count). The molecule has 0 aliphatic carbocycles. The Balaban J connectivity index is 2.47. The van der Waals surface area contributed by atoms with Crippen molar-refractivity contribution in [1.29, 1.82) is 0 Å². The number of rotatable bonds is 5. The summed E-state index contributed by atoms with van der Waals surface area (Å²) in [6.07, 6.45) is 4.53. The van der Waals surface area contributed by atoms with Crippen molar-refractivity contribution in [2.45, 2.75) is 19.8 Å². The van der Waals surface area contributed by atoms with Gasteiger partial charge >= 0.3 is 11.9 Å². The molecule has 0 spiro atoms. The summed E-state index contributed by atoms with van der Waals surface area (Å²) < 4.78 is 11.4. The monoisotopic (exact) mass is 278 g/mol. The largest absolute Gasteiger partial charge is 0.465 e. The van der Waals surface area contributed by atoms with Crippen molar-refractivity contribution >= 4 is 17.6 Å². The average Bonchev–Trinajstić information content (AvgIpc) is 2.89. The van der Waals surface area contributed by atoms with Gasteiger partial charge in [-0.05, 0) is 13.8 Å². The van der Waals surface area contributed by atoms with Gasteiger partial charge < -0.3 is 9.47 Å². The minimum absolute atomic E-state index is 0.157. The summed E-state index contributed by atoms with van der Waals surface area (Å²) in [5, 5.41) is 7.58. The van der Waals surface area contributed by atoms with Crippen molar-refractivity contribution < 1.29 is 19.1 Å². The fourth-order valence-electron chi connectivity index (χ4n) is 1.75. The number of hydrogen-bond acceptors (Lipinski definition) is 7. The lowest BCUT2D eigenvalue weighted by molar-refractivity contribution is -0.157. The molecule has 0 saturated carbocycles. The van der Waals surface area contributed by atoms with E-state index in [9.17, 15) is 9.59 Å². The average molecular weight is 278 g/mol. The Kier molecular flexibility index (Phi) is 4.24. The number of esters is 2. The molecule has 0 N–H and O–H groups in total. The lowest BCUT2D eigenvalue weighted by Crippen LogP contribution is -2.27. The van der Waals surface area contributed by atoms with Gasteiger partial charge in [-0.3, -0.25) is 19.0 Å². The van der Waals surface area contributed by atoms with Crippen LogP contribution in [0.1, 0.15) is 25.5 Å². The van der Waals surface area contributed by atoms with E-state index in [2.05, 4.69) is 15.2 Å². The predicted molar refractivity (Wildman–Crippen MR) is 66.8 cm³/mol. The molecular formula is C12H14N4O4. The summed E-state index contributed by atoms with van der Waals surface area (Å²) in [6, 6.07) is 0. The number of fused-ring (bicyclic) bond motifs is 1. The molecule has 0 bridgehead atoms. The minimum Gasteiger partial charge on any atom is -0.465 e. The standard InChI is InChI=1S/C12H14N4O4/c1-3-19-11(17)8(12(18)20-4-2)9-10-15-14-7-16(10)6-5-13-9/h5-8H,3-4H2,1-2H3. The van der Waals surface area contributed by atoms with Gasteiger partial charge in [0.25, 0.3) is 0 Å². The third kappa shape index (κ3) is 2.58. The maximum Gasteiger partial charge on any atom is 0.326 e. The van der Waals surface area contributed by atoms with Crippen LogP contribution in [0.2, 0.25) is 0 Å². The van der Waals surface area contributed by atoms with Gasteiger partial charge in [-0.2, -0.15) is 0 Å². The first-order valence-electron chi connectivity index (χ1n) is 6.16. The van der Waals surface area contributed by atoms with Crippen molar-refractivity contribution in [3.8, 4) is 0 Å². The van der Waals surface area contributed by atoms with Gasteiger partial charge in [-0.25, -0.2) is 0 Å². The quantitative estimate of drug-likeness (QED) is 0.574. The third-order valence-electron chi connectivity index (χ3n) is 2.56. The molecule has 0 atom stereocenters. The van der Waals surface area contributed by atoms with E-state index in [1.54, 1.807) is 24.4 Å². The fourth-order valence-corrected chi connectivity index (χ4v) is 1.75. The number of ether oxygens (including phenoxy) is 2. The molecule has 0 radical (unpaired) electrons. The first kappa shape index (κ1) is 13.9. The summed E-state index contributed by atoms with van der Waals surface area (Å²) in [5.41, 5.74) is 0.487. The van der Waals surface area contributed by atoms with Gasteiger partial charge in [0.1, 0.15) is 12.0 Å². The molecule has 0 fully saturated rings. The molecule has 2 aromatic rings. The van der Waals surface area contributed by atoms with Crippen LogP contribution in [0.15, 0.2) is 18.7 Å². The smallest absolute Gasteiger partial charge is 0.326 e. The number of carbonyl (C=O) groups is 2. The van der Waals surface area contributed by atoms with Gasteiger partial charge in [0.2, 0.25) is 0 Å². The first-order chi connectivity index (χ1) is 9.69. The fraction of sp³-hybridized carbons (Fsp3) is 0.417. The van der Waals surface area contributed by atoms with Crippen molar-refractivity contribution in [3.05, 3.63) is 24.4 Å². The molecular weight excluding hydrogens is 264 g/mol. The number of hydrogen-bond donors (Lipinski definition) is 0. The second-order valence-corrected chi connectivity index (χ2v) is 3.81. The summed E-state index contributed by atoms with van der Waals surface area (Å²) >= 11 is 0. The molecule has 2 aromatic heterocycles. The van der Waals surface area contributed by atoms with Gasteiger partial charge in [-0.15, -0.1) is 10.2 Å². The summed E-state index contributed by atoms with van der Waals surface area (Å²) in [4.78, 5) is 28.1. The third-order valence-corrected chi connectivity index (χ3v) is 2.56. The van der Waals surface area contributed by atoms with Gasteiger partial charge in [-0.1, -0.05) is 0 Å². The molecule has 2 heterocycles. The van der Waals surface area contributed by atoms with Crippen LogP contribution in [0, 0.1) is 0 Å². The highest BCUT2D eigenvalue weighted by Crippen LogP contribution is 2.20. The van der Waals surface area contributed by atoms with Crippen LogP contribution in [-0.2, 0) is 19.1 Å². The van der Waals surface area contributed by atoms with Gasteiger partial charge in [0.05, 0.1) is 13.2 Å². The van der Waals surface area contributed by atoms with Gasteiger partial charge in [0, 0.05) is 12.4 Å². The lowest BCUT2D eigenvalue weighted by atomic mass is 10.1. The van der Waals surface area contributed by atoms with E-state index in [1.165, 1.54) is 12.5 Å².